The molecule has 6 heteroatoms. The normalized spacial score (nSPS) is 11.1. The number of ether oxygens (including phenoxy) is 2. The summed E-state index contributed by atoms with van der Waals surface area (Å²) < 4.78 is 12.3. The fourth-order valence-corrected chi connectivity index (χ4v) is 2.70. The number of aromatic nitrogens is 1. The summed E-state index contributed by atoms with van der Waals surface area (Å²) in [5, 5.41) is 18.0. The maximum Gasteiger partial charge on any atom is 0.348 e. The van der Waals surface area contributed by atoms with Crippen LogP contribution < -0.4 is 4.74 Å². The van der Waals surface area contributed by atoms with Gasteiger partial charge in [0, 0.05) is 17.1 Å². The highest BCUT2D eigenvalue weighted by Gasteiger charge is 2.14. The first-order valence-corrected chi connectivity index (χ1v) is 8.33. The Kier molecular flexibility index (Phi) is 6.59. The van der Waals surface area contributed by atoms with E-state index in [1.807, 2.05) is 61.7 Å². The van der Waals surface area contributed by atoms with Crippen molar-refractivity contribution in [2.45, 2.75) is 20.8 Å². The maximum atomic E-state index is 11.9. The lowest BCUT2D eigenvalue weighted by atomic mass is 10.1. The van der Waals surface area contributed by atoms with Crippen molar-refractivity contribution in [3.63, 3.8) is 0 Å². The Labute approximate surface area is 152 Å². The Hall–Kier alpha value is -3.04. The summed E-state index contributed by atoms with van der Waals surface area (Å²) in [6.07, 6.45) is 1.51. The van der Waals surface area contributed by atoms with Gasteiger partial charge < -0.3 is 19.1 Å². The lowest BCUT2D eigenvalue weighted by Crippen LogP contribution is -2.10. The van der Waals surface area contributed by atoms with E-state index >= 15 is 0 Å². The Morgan fingerprint density at radius 2 is 2.00 bits per heavy atom. The molecule has 0 fully saturated rings. The summed E-state index contributed by atoms with van der Waals surface area (Å²) >= 11 is 0. The van der Waals surface area contributed by atoms with E-state index in [0.717, 1.165) is 28.4 Å². The quantitative estimate of drug-likeness (QED) is 0.469. The minimum Gasteiger partial charge on any atom is -0.494 e. The zero-order valence-electron chi connectivity index (χ0n) is 15.2. The van der Waals surface area contributed by atoms with Crippen LogP contribution in [0.3, 0.4) is 0 Å². The average Bonchev–Trinajstić information content (AvgIpc) is 2.92. The molecule has 0 saturated carbocycles. The zero-order valence-corrected chi connectivity index (χ0v) is 15.2. The van der Waals surface area contributed by atoms with E-state index in [4.69, 9.17) is 14.6 Å². The molecule has 0 spiro atoms. The van der Waals surface area contributed by atoms with E-state index in [0.29, 0.717) is 6.61 Å². The molecule has 26 heavy (non-hydrogen) atoms. The van der Waals surface area contributed by atoms with Crippen molar-refractivity contribution in [2.24, 2.45) is 0 Å². The summed E-state index contributed by atoms with van der Waals surface area (Å²) in [6, 6.07) is 11.5. The largest absolute Gasteiger partial charge is 0.494 e. The van der Waals surface area contributed by atoms with Crippen molar-refractivity contribution >= 4 is 12.0 Å². The van der Waals surface area contributed by atoms with E-state index in [1.54, 1.807) is 0 Å². The van der Waals surface area contributed by atoms with Gasteiger partial charge in [-0.15, -0.1) is 0 Å². The molecule has 0 saturated heterocycles. The lowest BCUT2D eigenvalue weighted by Gasteiger charge is -2.11. The van der Waals surface area contributed by atoms with Crippen molar-refractivity contribution in [1.29, 1.82) is 5.26 Å². The molecule has 0 unspecified atom stereocenters. The standard InChI is InChI=1S/C20H22N2O4/c1-4-25-19-7-5-18(6-8-19)22-14(2)11-16(15(22)3)12-17(13-21)20(24)26-10-9-23/h5-8,11-12,23H,4,9-10H2,1-3H3/b17-12+. The summed E-state index contributed by atoms with van der Waals surface area (Å²) in [6.45, 7) is 6.00. The fourth-order valence-electron chi connectivity index (χ4n) is 2.70. The first-order chi connectivity index (χ1) is 12.5. The van der Waals surface area contributed by atoms with Crippen LogP contribution in [0.2, 0.25) is 0 Å². The molecule has 0 radical (unpaired) electrons. The van der Waals surface area contributed by atoms with Crippen LogP contribution in [-0.4, -0.2) is 35.5 Å². The lowest BCUT2D eigenvalue weighted by molar-refractivity contribution is -0.139. The molecular formula is C20H22N2O4. The van der Waals surface area contributed by atoms with Crippen molar-refractivity contribution in [3.8, 4) is 17.5 Å². The summed E-state index contributed by atoms with van der Waals surface area (Å²) in [4.78, 5) is 11.9. The first kappa shape index (κ1) is 19.3. The van der Waals surface area contributed by atoms with E-state index in [9.17, 15) is 10.1 Å². The number of hydrogen-bond donors (Lipinski definition) is 1. The Morgan fingerprint density at radius 3 is 2.58 bits per heavy atom. The molecule has 6 nitrogen and oxygen atoms in total. The van der Waals surface area contributed by atoms with Crippen LogP contribution in [0.15, 0.2) is 35.9 Å². The summed E-state index contributed by atoms with van der Waals surface area (Å²) in [5.41, 5.74) is 3.48. The highest BCUT2D eigenvalue weighted by atomic mass is 16.5. The monoisotopic (exact) mass is 354 g/mol. The Bertz CT molecular complexity index is 842. The molecule has 0 bridgehead atoms. The number of carbonyl (C=O) groups is 1. The number of benzene rings is 1. The predicted molar refractivity (Wildman–Crippen MR) is 98.0 cm³/mol. The van der Waals surface area contributed by atoms with Crippen LogP contribution in [0.25, 0.3) is 11.8 Å². The van der Waals surface area contributed by atoms with Crippen LogP contribution in [0.1, 0.15) is 23.9 Å². The van der Waals surface area contributed by atoms with Gasteiger partial charge in [-0.05, 0) is 62.7 Å². The predicted octanol–water partition coefficient (Wildman–Crippen LogP) is 2.94. The molecule has 0 aliphatic heterocycles. The second kappa shape index (κ2) is 8.88. The van der Waals surface area contributed by atoms with E-state index < -0.39 is 5.97 Å². The minimum atomic E-state index is -0.743. The highest BCUT2D eigenvalue weighted by molar-refractivity contribution is 5.98. The van der Waals surface area contributed by atoms with Gasteiger partial charge in [-0.1, -0.05) is 0 Å². The SMILES string of the molecule is CCOc1ccc(-n2c(C)cc(/C=C(\C#N)C(=O)OCCO)c2C)cc1. The number of aliphatic hydroxyl groups is 1. The van der Waals surface area contributed by atoms with E-state index in [2.05, 4.69) is 0 Å². The molecule has 0 amide bonds. The number of aryl methyl sites for hydroxylation is 1. The third-order valence-electron chi connectivity index (χ3n) is 3.84. The fraction of sp³-hybridized carbons (Fsp3) is 0.300. The number of esters is 1. The number of nitrogens with zero attached hydrogens (tertiary/aromatic N) is 2. The Balaban J connectivity index is 2.36. The molecule has 0 aliphatic carbocycles. The zero-order chi connectivity index (χ0) is 19.1. The molecule has 2 aromatic rings. The molecule has 0 atom stereocenters. The second-order valence-corrected chi connectivity index (χ2v) is 5.62. The number of nitriles is 1. The van der Waals surface area contributed by atoms with Crippen molar-refractivity contribution in [1.82, 2.24) is 4.57 Å². The maximum absolute atomic E-state index is 11.9. The molecule has 0 aliphatic rings. The number of aliphatic hydroxyl groups excluding tert-OH is 1. The van der Waals surface area contributed by atoms with E-state index in [-0.39, 0.29) is 18.8 Å². The molecule has 1 aromatic carbocycles. The van der Waals surface area contributed by atoms with Crippen LogP contribution in [-0.2, 0) is 9.53 Å². The molecule has 1 aromatic heterocycles. The summed E-state index contributed by atoms with van der Waals surface area (Å²) in [5.74, 6) is 0.0599. The van der Waals surface area contributed by atoms with Gasteiger partial charge in [-0.25, -0.2) is 4.79 Å². The third kappa shape index (κ3) is 4.32. The van der Waals surface area contributed by atoms with Gasteiger partial charge in [-0.3, -0.25) is 0 Å². The Morgan fingerprint density at radius 1 is 1.31 bits per heavy atom. The van der Waals surface area contributed by atoms with Gasteiger partial charge in [0.05, 0.1) is 13.2 Å². The van der Waals surface area contributed by atoms with Gasteiger partial charge in [0.25, 0.3) is 0 Å². The van der Waals surface area contributed by atoms with Crippen LogP contribution in [0.4, 0.5) is 0 Å². The smallest absolute Gasteiger partial charge is 0.348 e. The molecule has 1 heterocycles. The molecule has 1 N–H and O–H groups in total. The van der Waals surface area contributed by atoms with Gasteiger partial charge >= 0.3 is 5.97 Å². The minimum absolute atomic E-state index is 0.106. The molecule has 2 rings (SSSR count). The second-order valence-electron chi connectivity index (χ2n) is 5.62. The van der Waals surface area contributed by atoms with Crippen LogP contribution in [0.5, 0.6) is 5.75 Å². The van der Waals surface area contributed by atoms with Gasteiger partial charge in [-0.2, -0.15) is 5.26 Å². The van der Waals surface area contributed by atoms with Crippen molar-refractivity contribution in [3.05, 3.63) is 52.9 Å². The van der Waals surface area contributed by atoms with E-state index in [1.165, 1.54) is 6.08 Å². The first-order valence-electron chi connectivity index (χ1n) is 8.33. The number of rotatable bonds is 7. The van der Waals surface area contributed by atoms with Crippen LogP contribution >= 0.6 is 0 Å². The summed E-state index contributed by atoms with van der Waals surface area (Å²) in [7, 11) is 0. The van der Waals surface area contributed by atoms with Gasteiger partial charge in [0.1, 0.15) is 24.0 Å². The number of carbonyl (C=O) groups excluding carboxylic acids is 1. The number of hydrogen-bond acceptors (Lipinski definition) is 5. The average molecular weight is 354 g/mol. The van der Waals surface area contributed by atoms with Crippen molar-refractivity contribution < 1.29 is 19.4 Å². The van der Waals surface area contributed by atoms with Gasteiger partial charge in [0.15, 0.2) is 0 Å². The topological polar surface area (TPSA) is 84.5 Å². The highest BCUT2D eigenvalue weighted by Crippen LogP contribution is 2.24. The van der Waals surface area contributed by atoms with Crippen molar-refractivity contribution in [2.75, 3.05) is 19.8 Å². The third-order valence-corrected chi connectivity index (χ3v) is 3.84. The molecule has 136 valence electrons. The van der Waals surface area contributed by atoms with Crippen LogP contribution in [0, 0.1) is 25.2 Å². The molecular weight excluding hydrogens is 332 g/mol. The van der Waals surface area contributed by atoms with Gasteiger partial charge in [0.2, 0.25) is 0 Å².